The van der Waals surface area contributed by atoms with Crippen molar-refractivity contribution in [3.63, 3.8) is 0 Å². The van der Waals surface area contributed by atoms with Crippen molar-refractivity contribution in [2.45, 2.75) is 6.92 Å². The maximum atomic E-state index is 14.1. The van der Waals surface area contributed by atoms with Gasteiger partial charge in [0.25, 0.3) is 5.91 Å². The Bertz CT molecular complexity index is 1750. The molecule has 0 unspecified atom stereocenters. The summed E-state index contributed by atoms with van der Waals surface area (Å²) in [6, 6.07) is 25.1. The van der Waals surface area contributed by atoms with E-state index < -0.39 is 5.97 Å². The summed E-state index contributed by atoms with van der Waals surface area (Å²) in [6.45, 7) is 1.88. The number of carbonyl (C=O) groups is 2. The first-order valence-electron chi connectivity index (χ1n) is 12.4. The van der Waals surface area contributed by atoms with Gasteiger partial charge in [-0.2, -0.15) is 0 Å². The third-order valence-electron chi connectivity index (χ3n) is 6.68. The SMILES string of the molecule is COc1cccc(OC)c1-c1cc(C(=O)O)ccc1NC(=O)c1c(C)c(-c2ccccc2)nc2ccc(Br)cc12. The highest BCUT2D eigenvalue weighted by molar-refractivity contribution is 9.10. The van der Waals surface area contributed by atoms with Gasteiger partial charge in [-0.1, -0.05) is 52.3 Å². The van der Waals surface area contributed by atoms with E-state index in [2.05, 4.69) is 21.2 Å². The first kappa shape index (κ1) is 26.9. The normalized spacial score (nSPS) is 10.8. The van der Waals surface area contributed by atoms with E-state index in [1.54, 1.807) is 24.3 Å². The number of rotatable bonds is 7. The maximum absolute atomic E-state index is 14.1. The maximum Gasteiger partial charge on any atom is 0.335 e. The van der Waals surface area contributed by atoms with Crippen LogP contribution in [0.1, 0.15) is 26.3 Å². The van der Waals surface area contributed by atoms with Crippen molar-refractivity contribution in [1.82, 2.24) is 4.98 Å². The highest BCUT2D eigenvalue weighted by Gasteiger charge is 2.23. The number of aromatic carboxylic acids is 1. The second-order valence-corrected chi connectivity index (χ2v) is 9.96. The number of benzene rings is 4. The number of anilines is 1. The topological polar surface area (TPSA) is 97.8 Å². The van der Waals surface area contributed by atoms with Gasteiger partial charge in [0.15, 0.2) is 0 Å². The van der Waals surface area contributed by atoms with Crippen LogP contribution >= 0.6 is 15.9 Å². The summed E-state index contributed by atoms with van der Waals surface area (Å²) in [6.07, 6.45) is 0. The Morgan fingerprint density at radius 1 is 0.875 bits per heavy atom. The van der Waals surface area contributed by atoms with Crippen LogP contribution in [0.3, 0.4) is 0 Å². The van der Waals surface area contributed by atoms with E-state index in [1.807, 2.05) is 55.5 Å². The number of nitrogens with zero attached hydrogens (tertiary/aromatic N) is 1. The molecule has 0 aliphatic heterocycles. The number of halogens is 1. The van der Waals surface area contributed by atoms with Crippen molar-refractivity contribution in [3.8, 4) is 33.9 Å². The highest BCUT2D eigenvalue weighted by atomic mass is 79.9. The molecule has 0 bridgehead atoms. The molecule has 8 heteroatoms. The fourth-order valence-electron chi connectivity index (χ4n) is 4.79. The molecule has 0 aliphatic carbocycles. The minimum atomic E-state index is -1.10. The fraction of sp³-hybridized carbons (Fsp3) is 0.0938. The summed E-state index contributed by atoms with van der Waals surface area (Å²) in [5.74, 6) is -0.517. The van der Waals surface area contributed by atoms with Crippen LogP contribution in [0.4, 0.5) is 5.69 Å². The molecular weight excluding hydrogens is 572 g/mol. The molecule has 1 aromatic heterocycles. The number of ether oxygens (including phenoxy) is 2. The zero-order chi connectivity index (χ0) is 28.4. The van der Waals surface area contributed by atoms with Gasteiger partial charge in [0, 0.05) is 26.7 Å². The molecule has 1 amide bonds. The molecule has 5 rings (SSSR count). The molecule has 0 aliphatic rings. The van der Waals surface area contributed by atoms with Gasteiger partial charge >= 0.3 is 5.97 Å². The van der Waals surface area contributed by atoms with E-state index in [0.29, 0.717) is 56.0 Å². The zero-order valence-corrected chi connectivity index (χ0v) is 23.6. The monoisotopic (exact) mass is 596 g/mol. The molecule has 0 spiro atoms. The number of nitrogens with one attached hydrogen (secondary N) is 1. The summed E-state index contributed by atoms with van der Waals surface area (Å²) in [5, 5.41) is 13.4. The lowest BCUT2D eigenvalue weighted by atomic mass is 9.96. The van der Waals surface area contributed by atoms with Gasteiger partial charge in [0.2, 0.25) is 0 Å². The molecule has 0 fully saturated rings. The Hall–Kier alpha value is -4.69. The van der Waals surface area contributed by atoms with Gasteiger partial charge in [-0.3, -0.25) is 4.79 Å². The predicted octanol–water partition coefficient (Wildman–Crippen LogP) is 7.61. The first-order valence-corrected chi connectivity index (χ1v) is 13.2. The number of aromatic nitrogens is 1. The zero-order valence-electron chi connectivity index (χ0n) is 22.0. The summed E-state index contributed by atoms with van der Waals surface area (Å²) in [4.78, 5) is 30.9. The van der Waals surface area contributed by atoms with Crippen LogP contribution in [0.2, 0.25) is 0 Å². The Labute approximate surface area is 239 Å². The van der Waals surface area contributed by atoms with Gasteiger partial charge in [-0.05, 0) is 61.0 Å². The van der Waals surface area contributed by atoms with Crippen LogP contribution in [0, 0.1) is 6.92 Å². The molecule has 5 aromatic rings. The molecule has 40 heavy (non-hydrogen) atoms. The number of pyridine rings is 1. The third-order valence-corrected chi connectivity index (χ3v) is 7.17. The molecule has 7 nitrogen and oxygen atoms in total. The third kappa shape index (κ3) is 5.01. The molecule has 0 atom stereocenters. The second kappa shape index (κ2) is 11.2. The lowest BCUT2D eigenvalue weighted by Crippen LogP contribution is -2.16. The van der Waals surface area contributed by atoms with Crippen molar-refractivity contribution in [2.75, 3.05) is 19.5 Å². The molecule has 0 saturated heterocycles. The van der Waals surface area contributed by atoms with Gasteiger partial charge < -0.3 is 19.9 Å². The molecule has 1 heterocycles. The average Bonchev–Trinajstić information content (AvgIpc) is 2.96. The lowest BCUT2D eigenvalue weighted by molar-refractivity contribution is 0.0696. The first-order chi connectivity index (χ1) is 19.3. The predicted molar refractivity (Wildman–Crippen MR) is 160 cm³/mol. The Kier molecular flexibility index (Phi) is 7.53. The largest absolute Gasteiger partial charge is 0.496 e. The van der Waals surface area contributed by atoms with E-state index in [9.17, 15) is 14.7 Å². The molecule has 0 saturated carbocycles. The second-order valence-electron chi connectivity index (χ2n) is 9.05. The van der Waals surface area contributed by atoms with E-state index in [1.165, 1.54) is 26.4 Å². The molecule has 2 N–H and O–H groups in total. The van der Waals surface area contributed by atoms with Crippen molar-refractivity contribution < 1.29 is 24.2 Å². The number of carboxylic acid groups (broad SMARTS) is 1. The summed E-state index contributed by atoms with van der Waals surface area (Å²) >= 11 is 3.52. The Balaban J connectivity index is 1.71. The van der Waals surface area contributed by atoms with E-state index >= 15 is 0 Å². The van der Waals surface area contributed by atoms with Gasteiger partial charge in [-0.25, -0.2) is 9.78 Å². The number of hydrogen-bond donors (Lipinski definition) is 2. The summed E-state index contributed by atoms with van der Waals surface area (Å²) in [5.41, 5.74) is 4.87. The molecule has 200 valence electrons. The van der Waals surface area contributed by atoms with Gasteiger partial charge in [0.1, 0.15) is 11.5 Å². The van der Waals surface area contributed by atoms with Crippen molar-refractivity contribution >= 4 is 44.4 Å². The number of carbonyl (C=O) groups excluding carboxylic acids is 1. The summed E-state index contributed by atoms with van der Waals surface area (Å²) in [7, 11) is 3.04. The molecule has 4 aromatic carbocycles. The summed E-state index contributed by atoms with van der Waals surface area (Å²) < 4.78 is 12.0. The Morgan fingerprint density at radius 2 is 1.57 bits per heavy atom. The molecule has 0 radical (unpaired) electrons. The van der Waals surface area contributed by atoms with Crippen LogP contribution in [0.5, 0.6) is 11.5 Å². The van der Waals surface area contributed by atoms with E-state index in [0.717, 1.165) is 10.0 Å². The van der Waals surface area contributed by atoms with Crippen LogP contribution in [-0.2, 0) is 0 Å². The van der Waals surface area contributed by atoms with Gasteiger partial charge in [-0.15, -0.1) is 0 Å². The number of carboxylic acids is 1. The van der Waals surface area contributed by atoms with Crippen LogP contribution in [0.25, 0.3) is 33.3 Å². The van der Waals surface area contributed by atoms with Crippen molar-refractivity contribution in [3.05, 3.63) is 106 Å². The van der Waals surface area contributed by atoms with E-state index in [-0.39, 0.29) is 11.5 Å². The average molecular weight is 597 g/mol. The van der Waals surface area contributed by atoms with Gasteiger partial charge in [0.05, 0.1) is 42.1 Å². The Morgan fingerprint density at radius 3 is 2.23 bits per heavy atom. The number of methoxy groups -OCH3 is 2. The standard InChI is InChI=1S/C32H25BrN2O5/c1-18-28(23-17-21(33)13-15-24(23)34-30(18)19-8-5-4-6-9-19)31(36)35-25-14-12-20(32(37)38)16-22(25)29-26(39-2)10-7-11-27(29)40-3/h4-17H,1-3H3,(H,35,36)(H,37,38). The number of fused-ring (bicyclic) bond motifs is 1. The molecular formula is C32H25BrN2O5. The highest BCUT2D eigenvalue weighted by Crippen LogP contribution is 2.43. The smallest absolute Gasteiger partial charge is 0.335 e. The van der Waals surface area contributed by atoms with Crippen molar-refractivity contribution in [2.24, 2.45) is 0 Å². The van der Waals surface area contributed by atoms with E-state index in [4.69, 9.17) is 14.5 Å². The number of amides is 1. The fourth-order valence-corrected chi connectivity index (χ4v) is 5.16. The quantitative estimate of drug-likeness (QED) is 0.201. The minimum Gasteiger partial charge on any atom is -0.496 e. The van der Waals surface area contributed by atoms with Crippen LogP contribution < -0.4 is 14.8 Å². The van der Waals surface area contributed by atoms with Crippen molar-refractivity contribution in [1.29, 1.82) is 0 Å². The number of hydrogen-bond acceptors (Lipinski definition) is 5. The lowest BCUT2D eigenvalue weighted by Gasteiger charge is -2.19. The van der Waals surface area contributed by atoms with Crippen LogP contribution in [0.15, 0.2) is 89.4 Å². The minimum absolute atomic E-state index is 0.0572. The van der Waals surface area contributed by atoms with Crippen LogP contribution in [-0.4, -0.2) is 36.2 Å².